The second-order valence-corrected chi connectivity index (χ2v) is 9.46. The number of sulfone groups is 1. The molecule has 0 aliphatic heterocycles. The van der Waals surface area contributed by atoms with E-state index in [-0.39, 0.29) is 5.25 Å². The fourth-order valence-electron chi connectivity index (χ4n) is 5.81. The minimum Gasteiger partial charge on any atom is -0.223 e. The van der Waals surface area contributed by atoms with Crippen molar-refractivity contribution >= 4 is 9.84 Å². The zero-order valence-corrected chi connectivity index (χ0v) is 12.9. The Labute approximate surface area is 126 Å². The average molecular weight is 300 g/mol. The van der Waals surface area contributed by atoms with E-state index in [2.05, 4.69) is 0 Å². The van der Waals surface area contributed by atoms with Crippen molar-refractivity contribution in [1.82, 2.24) is 0 Å². The first-order chi connectivity index (χ1) is 10.2. The summed E-state index contributed by atoms with van der Waals surface area (Å²) in [5.41, 5.74) is 3.32. The number of allylic oxidation sites excluding steroid dienone is 2. The van der Waals surface area contributed by atoms with Crippen molar-refractivity contribution in [2.75, 3.05) is 0 Å². The van der Waals surface area contributed by atoms with E-state index < -0.39 is 9.84 Å². The molecule has 1 aromatic rings. The lowest BCUT2D eigenvalue weighted by Gasteiger charge is -2.29. The van der Waals surface area contributed by atoms with Gasteiger partial charge in [0.05, 0.1) is 10.1 Å². The lowest BCUT2D eigenvalue weighted by atomic mass is 9.82. The van der Waals surface area contributed by atoms with Gasteiger partial charge >= 0.3 is 0 Å². The van der Waals surface area contributed by atoms with Crippen LogP contribution in [0.25, 0.3) is 0 Å². The van der Waals surface area contributed by atoms with Gasteiger partial charge in [0.2, 0.25) is 0 Å². The van der Waals surface area contributed by atoms with Crippen LogP contribution in [0.2, 0.25) is 0 Å². The van der Waals surface area contributed by atoms with Gasteiger partial charge in [-0.25, -0.2) is 8.42 Å². The van der Waals surface area contributed by atoms with Gasteiger partial charge in [0, 0.05) is 0 Å². The first kappa shape index (κ1) is 12.5. The Hall–Kier alpha value is -1.09. The molecule has 110 valence electrons. The molecule has 0 amide bonds. The van der Waals surface area contributed by atoms with Crippen LogP contribution in [0.4, 0.5) is 0 Å². The maximum absolute atomic E-state index is 13.0. The Morgan fingerprint density at radius 1 is 0.810 bits per heavy atom. The van der Waals surface area contributed by atoms with Gasteiger partial charge in [-0.15, -0.1) is 0 Å². The van der Waals surface area contributed by atoms with Crippen LogP contribution in [-0.2, 0) is 9.84 Å². The summed E-state index contributed by atoms with van der Waals surface area (Å²) < 4.78 is 26.0. The number of benzene rings is 1. The van der Waals surface area contributed by atoms with Gasteiger partial charge in [0.1, 0.15) is 0 Å². The number of rotatable bonds is 2. The smallest absolute Gasteiger partial charge is 0.181 e. The zero-order chi connectivity index (χ0) is 14.2. The normalized spacial score (nSPS) is 40.1. The molecule has 4 aliphatic rings. The van der Waals surface area contributed by atoms with E-state index in [0.29, 0.717) is 16.7 Å². The molecule has 0 aromatic heterocycles. The third-order valence-electron chi connectivity index (χ3n) is 6.46. The summed E-state index contributed by atoms with van der Waals surface area (Å²) in [7, 11) is -3.16. The van der Waals surface area contributed by atoms with Gasteiger partial charge < -0.3 is 0 Å². The Bertz CT molecular complexity index is 732. The molecule has 5 atom stereocenters. The predicted octanol–water partition coefficient (Wildman–Crippen LogP) is 3.60. The van der Waals surface area contributed by atoms with E-state index >= 15 is 0 Å². The quantitative estimate of drug-likeness (QED) is 0.618. The second-order valence-electron chi connectivity index (χ2n) is 7.29. The number of hydrogen-bond donors (Lipinski definition) is 0. The third-order valence-corrected chi connectivity index (χ3v) is 8.71. The van der Waals surface area contributed by atoms with Gasteiger partial charge in [-0.3, -0.25) is 0 Å². The zero-order valence-electron chi connectivity index (χ0n) is 12.0. The minimum atomic E-state index is -3.16. The summed E-state index contributed by atoms with van der Waals surface area (Å²) in [5.74, 6) is 2.48. The third kappa shape index (κ3) is 1.51. The highest BCUT2D eigenvalue weighted by Crippen LogP contribution is 2.64. The van der Waals surface area contributed by atoms with E-state index in [1.54, 1.807) is 23.3 Å². The summed E-state index contributed by atoms with van der Waals surface area (Å²) in [6.45, 7) is 0. The van der Waals surface area contributed by atoms with Crippen LogP contribution in [0.3, 0.4) is 0 Å². The SMILES string of the molecule is O=S(=O)(c1ccccc1)[C@@H]1C[C@@H]2C[C@@H]1C1=C2[C@@H]2CC[C@@H]1C2. The summed E-state index contributed by atoms with van der Waals surface area (Å²) in [6.07, 6.45) is 6.00. The van der Waals surface area contributed by atoms with E-state index in [0.717, 1.165) is 24.7 Å². The summed E-state index contributed by atoms with van der Waals surface area (Å²) in [4.78, 5) is 0.521. The second kappa shape index (κ2) is 4.01. The van der Waals surface area contributed by atoms with Crippen LogP contribution < -0.4 is 0 Å². The molecule has 0 heterocycles. The molecule has 4 bridgehead atoms. The van der Waals surface area contributed by atoms with Gasteiger partial charge in [-0.1, -0.05) is 29.3 Å². The number of fused-ring (bicyclic) bond motifs is 8. The molecule has 4 aliphatic carbocycles. The maximum Gasteiger partial charge on any atom is 0.181 e. The monoisotopic (exact) mass is 300 g/mol. The van der Waals surface area contributed by atoms with Crippen molar-refractivity contribution in [2.24, 2.45) is 23.7 Å². The molecule has 2 fully saturated rings. The molecule has 0 N–H and O–H groups in total. The van der Waals surface area contributed by atoms with Crippen LogP contribution in [0, 0.1) is 23.7 Å². The Kier molecular flexibility index (Phi) is 2.38. The maximum atomic E-state index is 13.0. The van der Waals surface area contributed by atoms with E-state index in [9.17, 15) is 8.42 Å². The predicted molar refractivity (Wildman–Crippen MR) is 81.5 cm³/mol. The molecule has 0 unspecified atom stereocenters. The average Bonchev–Trinajstić information content (AvgIpc) is 3.26. The molecular weight excluding hydrogens is 280 g/mol. The van der Waals surface area contributed by atoms with Gasteiger partial charge in [0.15, 0.2) is 9.84 Å². The fourth-order valence-corrected chi connectivity index (χ4v) is 7.87. The molecule has 21 heavy (non-hydrogen) atoms. The van der Waals surface area contributed by atoms with Crippen molar-refractivity contribution in [2.45, 2.75) is 42.2 Å². The Morgan fingerprint density at radius 3 is 2.29 bits per heavy atom. The summed E-state index contributed by atoms with van der Waals surface area (Å²) in [5, 5.41) is -0.150. The fraction of sp³-hybridized carbons (Fsp3) is 0.556. The first-order valence-electron chi connectivity index (χ1n) is 8.19. The van der Waals surface area contributed by atoms with Crippen LogP contribution in [-0.4, -0.2) is 13.7 Å². The highest BCUT2D eigenvalue weighted by atomic mass is 32.2. The lowest BCUT2D eigenvalue weighted by molar-refractivity contribution is 0.507. The van der Waals surface area contributed by atoms with Crippen molar-refractivity contribution < 1.29 is 8.42 Å². The van der Waals surface area contributed by atoms with Crippen LogP contribution in [0.5, 0.6) is 0 Å². The van der Waals surface area contributed by atoms with Crippen LogP contribution in [0.1, 0.15) is 32.1 Å². The highest BCUT2D eigenvalue weighted by molar-refractivity contribution is 7.92. The minimum absolute atomic E-state index is 0.150. The summed E-state index contributed by atoms with van der Waals surface area (Å²) >= 11 is 0. The first-order valence-corrected chi connectivity index (χ1v) is 9.73. The standard InChI is InChI=1S/C18H20O2S/c19-21(20,14-4-2-1-3-5-14)16-10-13-9-15(16)18-12-7-6-11(8-12)17(13)18/h1-5,11-13,15-16H,6-10H2/t11-,12-,13+,15+,16-/m1/s1. The topological polar surface area (TPSA) is 34.1 Å². The molecule has 0 radical (unpaired) electrons. The Morgan fingerprint density at radius 2 is 1.52 bits per heavy atom. The van der Waals surface area contributed by atoms with Crippen molar-refractivity contribution in [1.29, 1.82) is 0 Å². The largest absolute Gasteiger partial charge is 0.223 e. The van der Waals surface area contributed by atoms with E-state index in [1.807, 2.05) is 18.2 Å². The van der Waals surface area contributed by atoms with Gasteiger partial charge in [-0.05, 0) is 67.9 Å². The van der Waals surface area contributed by atoms with E-state index in [1.165, 1.54) is 19.3 Å². The van der Waals surface area contributed by atoms with Crippen LogP contribution >= 0.6 is 0 Å². The molecule has 0 saturated heterocycles. The molecule has 3 heteroatoms. The molecule has 2 saturated carbocycles. The van der Waals surface area contributed by atoms with Gasteiger partial charge in [0.25, 0.3) is 0 Å². The Balaban J connectivity index is 1.56. The van der Waals surface area contributed by atoms with Crippen molar-refractivity contribution in [3.63, 3.8) is 0 Å². The van der Waals surface area contributed by atoms with E-state index in [4.69, 9.17) is 0 Å². The van der Waals surface area contributed by atoms with Crippen molar-refractivity contribution in [3.8, 4) is 0 Å². The molecular formula is C18H20O2S. The summed E-state index contributed by atoms with van der Waals surface area (Å²) in [6, 6.07) is 9.08. The highest BCUT2D eigenvalue weighted by Gasteiger charge is 2.57. The molecule has 0 spiro atoms. The lowest BCUT2D eigenvalue weighted by Crippen LogP contribution is -2.30. The molecule has 1 aromatic carbocycles. The molecule has 2 nitrogen and oxygen atoms in total. The van der Waals surface area contributed by atoms with Crippen LogP contribution in [0.15, 0.2) is 46.4 Å². The molecule has 5 rings (SSSR count). The van der Waals surface area contributed by atoms with Crippen molar-refractivity contribution in [3.05, 3.63) is 41.5 Å². The number of hydrogen-bond acceptors (Lipinski definition) is 2. The van der Waals surface area contributed by atoms with Gasteiger partial charge in [-0.2, -0.15) is 0 Å².